The molecule has 6 saturated carbocycles. The Bertz CT molecular complexity index is 1940. The molecule has 0 saturated heterocycles. The maximum absolute atomic E-state index is 10.3. The minimum atomic E-state index is -0.106. The van der Waals surface area contributed by atoms with Crippen LogP contribution in [0.15, 0.2) is 66.3 Å². The molecule has 0 bridgehead atoms. The van der Waals surface area contributed by atoms with Gasteiger partial charge in [-0.25, -0.2) is 0 Å². The second-order valence-corrected chi connectivity index (χ2v) is 25.4. The van der Waals surface area contributed by atoms with Gasteiger partial charge in [0.25, 0.3) is 0 Å². The van der Waals surface area contributed by atoms with Gasteiger partial charge in [0.15, 0.2) is 0 Å². The van der Waals surface area contributed by atoms with Crippen molar-refractivity contribution in [2.75, 3.05) is 0 Å². The SMILES string of the molecule is CC(C)(C)c1ccc(C2=CC[C@H]3[C@@H]4CC=C5C[C@@H](O)CC[C@]5(C)[C@H]4CC[C@]23C)cc1.CC(C)(C)c1ccc([C@H]2CC[C@H]3[C@@H]4CCC5C[C@@H](O)CC[C@]5(C)[C@H]4CC[C@]23C)cc1. The number of rotatable bonds is 2. The van der Waals surface area contributed by atoms with Gasteiger partial charge in [-0.1, -0.05) is 135 Å². The maximum atomic E-state index is 10.3. The van der Waals surface area contributed by atoms with Crippen LogP contribution in [-0.4, -0.2) is 22.4 Å². The predicted molar refractivity (Wildman–Crippen MR) is 252 cm³/mol. The van der Waals surface area contributed by atoms with Crippen molar-refractivity contribution in [1.82, 2.24) is 0 Å². The summed E-state index contributed by atoms with van der Waals surface area (Å²) in [6.07, 6.45) is 25.1. The monoisotopic (exact) mass is 813 g/mol. The molecule has 328 valence electrons. The number of hydrogen-bond donors (Lipinski definition) is 2. The van der Waals surface area contributed by atoms with E-state index in [-0.39, 0.29) is 23.0 Å². The molecule has 0 spiro atoms. The molecule has 10 rings (SSSR count). The van der Waals surface area contributed by atoms with E-state index >= 15 is 0 Å². The Hall–Kier alpha value is -2.16. The first-order valence-electron chi connectivity index (χ1n) is 25.2. The van der Waals surface area contributed by atoms with E-state index in [0.717, 1.165) is 73.0 Å². The van der Waals surface area contributed by atoms with Gasteiger partial charge < -0.3 is 10.2 Å². The second kappa shape index (κ2) is 15.2. The van der Waals surface area contributed by atoms with Gasteiger partial charge in [-0.05, 0) is 210 Å². The van der Waals surface area contributed by atoms with E-state index in [1.807, 2.05) is 0 Å². The summed E-state index contributed by atoms with van der Waals surface area (Å²) in [6, 6.07) is 19.2. The lowest BCUT2D eigenvalue weighted by molar-refractivity contribution is -0.122. The zero-order valence-electron chi connectivity index (χ0n) is 39.8. The molecule has 0 radical (unpaired) electrons. The molecule has 60 heavy (non-hydrogen) atoms. The third kappa shape index (κ3) is 7.10. The number of hydrogen-bond acceptors (Lipinski definition) is 2. The first-order valence-corrected chi connectivity index (χ1v) is 25.2. The van der Waals surface area contributed by atoms with Gasteiger partial charge in [0, 0.05) is 0 Å². The van der Waals surface area contributed by atoms with Crippen LogP contribution in [0.4, 0.5) is 0 Å². The fraction of sp³-hybridized carbons (Fsp3) is 0.724. The van der Waals surface area contributed by atoms with E-state index in [2.05, 4.69) is 130 Å². The summed E-state index contributed by atoms with van der Waals surface area (Å²) < 4.78 is 0. The Labute approximate surface area is 366 Å². The van der Waals surface area contributed by atoms with Crippen molar-refractivity contribution in [2.45, 2.75) is 201 Å². The first kappa shape index (κ1) is 43.1. The highest BCUT2D eigenvalue weighted by atomic mass is 16.3. The number of aliphatic hydroxyl groups is 2. The molecule has 0 aliphatic heterocycles. The van der Waals surface area contributed by atoms with Gasteiger partial charge in [0.2, 0.25) is 0 Å². The smallest absolute Gasteiger partial charge is 0.0577 e. The molecule has 1 unspecified atom stereocenters. The second-order valence-electron chi connectivity index (χ2n) is 25.4. The summed E-state index contributed by atoms with van der Waals surface area (Å²) in [5.74, 6) is 6.64. The third-order valence-corrected chi connectivity index (χ3v) is 20.5. The van der Waals surface area contributed by atoms with Crippen LogP contribution in [0.3, 0.4) is 0 Å². The molecule has 0 aromatic heterocycles. The molecule has 2 nitrogen and oxygen atoms in total. The average Bonchev–Trinajstić information content (AvgIpc) is 3.75. The molecule has 8 aliphatic carbocycles. The van der Waals surface area contributed by atoms with Crippen LogP contribution < -0.4 is 0 Å². The number of fused-ring (bicyclic) bond motifs is 10. The quantitative estimate of drug-likeness (QED) is 0.297. The van der Waals surface area contributed by atoms with Crippen LogP contribution in [0, 0.1) is 63.1 Å². The van der Waals surface area contributed by atoms with Crippen molar-refractivity contribution in [1.29, 1.82) is 0 Å². The highest BCUT2D eigenvalue weighted by molar-refractivity contribution is 5.73. The Balaban J connectivity index is 0.000000154. The van der Waals surface area contributed by atoms with E-state index in [0.29, 0.717) is 21.7 Å². The highest BCUT2D eigenvalue weighted by Crippen LogP contribution is 2.70. The molecule has 0 amide bonds. The van der Waals surface area contributed by atoms with Crippen LogP contribution in [0.1, 0.15) is 200 Å². The number of benzene rings is 2. The Kier molecular flexibility index (Phi) is 10.9. The van der Waals surface area contributed by atoms with Gasteiger partial charge >= 0.3 is 0 Å². The number of allylic oxidation sites excluding steroid dienone is 3. The summed E-state index contributed by atoms with van der Waals surface area (Å²) in [7, 11) is 0. The summed E-state index contributed by atoms with van der Waals surface area (Å²) >= 11 is 0. The van der Waals surface area contributed by atoms with Crippen molar-refractivity contribution in [3.05, 3.63) is 88.5 Å². The molecular weight excluding hydrogens is 729 g/mol. The molecule has 6 fully saturated rings. The largest absolute Gasteiger partial charge is 0.393 e. The Morgan fingerprint density at radius 1 is 0.517 bits per heavy atom. The maximum Gasteiger partial charge on any atom is 0.0577 e. The topological polar surface area (TPSA) is 40.5 Å². The van der Waals surface area contributed by atoms with Gasteiger partial charge in [-0.3, -0.25) is 0 Å². The summed E-state index contributed by atoms with van der Waals surface area (Å²) in [5, 5.41) is 20.5. The molecule has 14 atom stereocenters. The zero-order chi connectivity index (χ0) is 42.6. The van der Waals surface area contributed by atoms with Crippen LogP contribution >= 0.6 is 0 Å². The van der Waals surface area contributed by atoms with Crippen LogP contribution in [0.25, 0.3) is 5.57 Å². The van der Waals surface area contributed by atoms with Crippen molar-refractivity contribution < 1.29 is 10.2 Å². The molecule has 2 heteroatoms. The Morgan fingerprint density at radius 2 is 1.12 bits per heavy atom. The zero-order valence-corrected chi connectivity index (χ0v) is 39.8. The van der Waals surface area contributed by atoms with Crippen molar-refractivity contribution in [3.63, 3.8) is 0 Å². The minimum absolute atomic E-state index is 0.0274. The minimum Gasteiger partial charge on any atom is -0.393 e. The van der Waals surface area contributed by atoms with Gasteiger partial charge in [0.1, 0.15) is 0 Å². The van der Waals surface area contributed by atoms with E-state index < -0.39 is 0 Å². The van der Waals surface area contributed by atoms with Crippen LogP contribution in [0.2, 0.25) is 0 Å². The molecule has 2 aromatic carbocycles. The fourth-order valence-corrected chi connectivity index (χ4v) is 16.8. The summed E-state index contributed by atoms with van der Waals surface area (Å²) in [5.41, 5.74) is 11.2. The summed E-state index contributed by atoms with van der Waals surface area (Å²) in [6.45, 7) is 24.2. The van der Waals surface area contributed by atoms with E-state index in [1.165, 1.54) is 93.7 Å². The van der Waals surface area contributed by atoms with Gasteiger partial charge in [-0.15, -0.1) is 0 Å². The van der Waals surface area contributed by atoms with Crippen LogP contribution in [-0.2, 0) is 10.8 Å². The first-order chi connectivity index (χ1) is 28.3. The van der Waals surface area contributed by atoms with E-state index in [4.69, 9.17) is 0 Å². The molecule has 8 aliphatic rings. The van der Waals surface area contributed by atoms with E-state index in [9.17, 15) is 10.2 Å². The molecule has 2 aromatic rings. The predicted octanol–water partition coefficient (Wildman–Crippen LogP) is 14.8. The third-order valence-electron chi connectivity index (χ3n) is 20.5. The molecule has 0 heterocycles. The number of aliphatic hydroxyl groups excluding tert-OH is 2. The van der Waals surface area contributed by atoms with Gasteiger partial charge in [0.05, 0.1) is 12.2 Å². The van der Waals surface area contributed by atoms with Crippen molar-refractivity contribution in [2.24, 2.45) is 63.1 Å². The van der Waals surface area contributed by atoms with Crippen molar-refractivity contribution in [3.8, 4) is 0 Å². The molecular formula is C58H84O2. The van der Waals surface area contributed by atoms with Crippen molar-refractivity contribution >= 4 is 5.57 Å². The van der Waals surface area contributed by atoms with Gasteiger partial charge in [-0.2, -0.15) is 0 Å². The van der Waals surface area contributed by atoms with E-state index in [1.54, 1.807) is 16.7 Å². The lowest BCUT2D eigenvalue weighted by atomic mass is 9.44. The lowest BCUT2D eigenvalue weighted by Crippen LogP contribution is -2.53. The summed E-state index contributed by atoms with van der Waals surface area (Å²) in [4.78, 5) is 0. The normalized spacial score (nSPS) is 43.4. The average molecular weight is 813 g/mol. The molecule has 2 N–H and O–H groups in total. The van der Waals surface area contributed by atoms with Crippen LogP contribution in [0.5, 0.6) is 0 Å². The lowest BCUT2D eigenvalue weighted by Gasteiger charge is -2.61. The standard InChI is InChI=1S/C29H44O.C29H40O/c2*1-27(2,3)20-8-6-19(7-9-20)24-12-13-25-23-11-10-21-18-22(30)14-16-28(21,4)26(23)15-17-29(24,25)5/h6-9,21-26,30H,10-18H2,1-5H3;6-10,12,22-23,25-26,30H,11,13-18H2,1-5H3/t21?,22-,23-,24+,25-,26-,28-,29+;22-,23-,25-,26-,28-,29+/m00/s1. The highest BCUT2D eigenvalue weighted by Gasteiger charge is 2.61. The fourth-order valence-electron chi connectivity index (χ4n) is 16.8. The Morgan fingerprint density at radius 3 is 1.80 bits per heavy atom.